The number of rotatable bonds is 11. The molecule has 2 nitrogen and oxygen atoms in total. The minimum Gasteiger partial charge on any atom is -0.465 e. The van der Waals surface area contributed by atoms with E-state index in [4.69, 9.17) is 4.74 Å². The van der Waals surface area contributed by atoms with Crippen molar-refractivity contribution in [2.45, 2.75) is 78.6 Å². The van der Waals surface area contributed by atoms with Crippen molar-refractivity contribution < 1.29 is 9.53 Å². The molecule has 2 heteroatoms. The van der Waals surface area contributed by atoms with Crippen LogP contribution < -0.4 is 0 Å². The molecule has 0 rings (SSSR count). The standard InChI is InChI=1S/C15H30O2/c1-4-7-9-10-12-14(11-6-3)15(16)17-13-8-5-2/h14H,4-13H2,1-3H3. The zero-order valence-electron chi connectivity index (χ0n) is 12.0. The average Bonchev–Trinajstić information content (AvgIpc) is 2.33. The van der Waals surface area contributed by atoms with Crippen LogP contribution in [0.15, 0.2) is 0 Å². The van der Waals surface area contributed by atoms with Crippen LogP contribution in [0.5, 0.6) is 0 Å². The molecule has 102 valence electrons. The Hall–Kier alpha value is -0.530. The zero-order chi connectivity index (χ0) is 12.9. The molecule has 0 fully saturated rings. The molecule has 0 aliphatic rings. The van der Waals surface area contributed by atoms with Crippen LogP contribution in [0.3, 0.4) is 0 Å². The zero-order valence-corrected chi connectivity index (χ0v) is 12.0. The van der Waals surface area contributed by atoms with E-state index in [2.05, 4.69) is 20.8 Å². The van der Waals surface area contributed by atoms with Gasteiger partial charge < -0.3 is 4.74 Å². The van der Waals surface area contributed by atoms with Crippen molar-refractivity contribution in [1.82, 2.24) is 0 Å². The lowest BCUT2D eigenvalue weighted by Crippen LogP contribution is -2.18. The van der Waals surface area contributed by atoms with Crippen LogP contribution in [0.1, 0.15) is 78.6 Å². The summed E-state index contributed by atoms with van der Waals surface area (Å²) in [7, 11) is 0. The van der Waals surface area contributed by atoms with Crippen molar-refractivity contribution in [3.8, 4) is 0 Å². The number of hydrogen-bond donors (Lipinski definition) is 0. The molecule has 0 spiro atoms. The van der Waals surface area contributed by atoms with E-state index < -0.39 is 0 Å². The summed E-state index contributed by atoms with van der Waals surface area (Å²) < 4.78 is 5.32. The molecule has 0 heterocycles. The van der Waals surface area contributed by atoms with E-state index in [1.54, 1.807) is 0 Å². The third kappa shape index (κ3) is 9.20. The molecule has 1 unspecified atom stereocenters. The van der Waals surface area contributed by atoms with Crippen LogP contribution >= 0.6 is 0 Å². The summed E-state index contributed by atoms with van der Waals surface area (Å²) in [6.07, 6.45) is 10.1. The lowest BCUT2D eigenvalue weighted by atomic mass is 9.96. The van der Waals surface area contributed by atoms with E-state index in [-0.39, 0.29) is 11.9 Å². The van der Waals surface area contributed by atoms with E-state index >= 15 is 0 Å². The summed E-state index contributed by atoms with van der Waals surface area (Å²) in [5, 5.41) is 0. The summed E-state index contributed by atoms with van der Waals surface area (Å²) >= 11 is 0. The summed E-state index contributed by atoms with van der Waals surface area (Å²) in [6.45, 7) is 7.06. The summed E-state index contributed by atoms with van der Waals surface area (Å²) in [5.74, 6) is 0.186. The van der Waals surface area contributed by atoms with Crippen molar-refractivity contribution in [1.29, 1.82) is 0 Å². The monoisotopic (exact) mass is 242 g/mol. The highest BCUT2D eigenvalue weighted by Gasteiger charge is 2.18. The van der Waals surface area contributed by atoms with Crippen molar-refractivity contribution in [3.05, 3.63) is 0 Å². The third-order valence-electron chi connectivity index (χ3n) is 3.12. The number of carbonyl (C=O) groups excluding carboxylic acids is 1. The predicted octanol–water partition coefficient (Wildman–Crippen LogP) is 4.72. The number of hydrogen-bond acceptors (Lipinski definition) is 2. The maximum absolute atomic E-state index is 11.8. The Morgan fingerprint density at radius 1 is 0.882 bits per heavy atom. The van der Waals surface area contributed by atoms with Crippen LogP contribution in [-0.2, 0) is 9.53 Å². The first-order valence-corrected chi connectivity index (χ1v) is 7.42. The topological polar surface area (TPSA) is 26.3 Å². The molecule has 0 amide bonds. The van der Waals surface area contributed by atoms with E-state index in [0.29, 0.717) is 6.61 Å². The van der Waals surface area contributed by atoms with Gasteiger partial charge in [-0.25, -0.2) is 0 Å². The van der Waals surface area contributed by atoms with E-state index in [1.807, 2.05) is 0 Å². The van der Waals surface area contributed by atoms with Crippen LogP contribution in [0.4, 0.5) is 0 Å². The number of esters is 1. The van der Waals surface area contributed by atoms with Gasteiger partial charge in [0.1, 0.15) is 0 Å². The van der Waals surface area contributed by atoms with Crippen molar-refractivity contribution >= 4 is 5.97 Å². The Morgan fingerprint density at radius 3 is 2.18 bits per heavy atom. The number of carbonyl (C=O) groups is 1. The molecule has 0 aromatic rings. The summed E-state index contributed by atoms with van der Waals surface area (Å²) in [6, 6.07) is 0. The Bertz CT molecular complexity index is 178. The SMILES string of the molecule is CCCCCCC(CCC)C(=O)OCCCC. The largest absolute Gasteiger partial charge is 0.465 e. The molecule has 0 bridgehead atoms. The van der Waals surface area contributed by atoms with Crippen molar-refractivity contribution in [2.24, 2.45) is 5.92 Å². The Balaban J connectivity index is 3.81. The lowest BCUT2D eigenvalue weighted by molar-refractivity contribution is -0.149. The van der Waals surface area contributed by atoms with Gasteiger partial charge in [0, 0.05) is 0 Å². The smallest absolute Gasteiger partial charge is 0.308 e. The highest BCUT2D eigenvalue weighted by atomic mass is 16.5. The quantitative estimate of drug-likeness (QED) is 0.387. The molecule has 1 atom stereocenters. The fourth-order valence-electron chi connectivity index (χ4n) is 1.98. The highest BCUT2D eigenvalue weighted by molar-refractivity contribution is 5.72. The first-order valence-electron chi connectivity index (χ1n) is 7.42. The van der Waals surface area contributed by atoms with E-state index in [0.717, 1.165) is 32.1 Å². The molecule has 0 saturated carbocycles. The second-order valence-electron chi connectivity index (χ2n) is 4.86. The molecule has 0 aromatic carbocycles. The van der Waals surface area contributed by atoms with Gasteiger partial charge in [0.25, 0.3) is 0 Å². The molecule has 0 radical (unpaired) electrons. The van der Waals surface area contributed by atoms with Gasteiger partial charge in [-0.15, -0.1) is 0 Å². The van der Waals surface area contributed by atoms with Gasteiger partial charge in [0.05, 0.1) is 12.5 Å². The Kier molecular flexibility index (Phi) is 11.6. The minimum absolute atomic E-state index is 0.0387. The molecule has 0 N–H and O–H groups in total. The van der Waals surface area contributed by atoms with E-state index in [1.165, 1.54) is 25.7 Å². The molecular weight excluding hydrogens is 212 g/mol. The molecule has 0 aromatic heterocycles. The molecular formula is C15H30O2. The maximum Gasteiger partial charge on any atom is 0.308 e. The first kappa shape index (κ1) is 16.5. The second-order valence-corrected chi connectivity index (χ2v) is 4.86. The normalized spacial score (nSPS) is 12.4. The second kappa shape index (κ2) is 11.9. The number of unbranched alkanes of at least 4 members (excludes halogenated alkanes) is 4. The van der Waals surface area contributed by atoms with Gasteiger partial charge in [-0.2, -0.15) is 0 Å². The van der Waals surface area contributed by atoms with Crippen LogP contribution in [0.2, 0.25) is 0 Å². The molecule has 0 aliphatic heterocycles. The lowest BCUT2D eigenvalue weighted by Gasteiger charge is -2.15. The van der Waals surface area contributed by atoms with Crippen LogP contribution in [-0.4, -0.2) is 12.6 Å². The summed E-state index contributed by atoms with van der Waals surface area (Å²) in [4.78, 5) is 11.8. The van der Waals surface area contributed by atoms with Gasteiger partial charge in [0.15, 0.2) is 0 Å². The highest BCUT2D eigenvalue weighted by Crippen LogP contribution is 2.18. The van der Waals surface area contributed by atoms with Gasteiger partial charge in [-0.05, 0) is 19.3 Å². The van der Waals surface area contributed by atoms with Gasteiger partial charge in [-0.3, -0.25) is 4.79 Å². The molecule has 0 saturated heterocycles. The van der Waals surface area contributed by atoms with Crippen molar-refractivity contribution in [2.75, 3.05) is 6.61 Å². The maximum atomic E-state index is 11.8. The average molecular weight is 242 g/mol. The molecule has 17 heavy (non-hydrogen) atoms. The van der Waals surface area contributed by atoms with E-state index in [9.17, 15) is 4.79 Å². The van der Waals surface area contributed by atoms with Crippen LogP contribution in [0, 0.1) is 5.92 Å². The first-order chi connectivity index (χ1) is 8.26. The fraction of sp³-hybridized carbons (Fsp3) is 0.933. The molecule has 0 aliphatic carbocycles. The predicted molar refractivity (Wildman–Crippen MR) is 73.0 cm³/mol. The number of ether oxygens (including phenoxy) is 1. The summed E-state index contributed by atoms with van der Waals surface area (Å²) in [5.41, 5.74) is 0. The fourth-order valence-corrected chi connectivity index (χ4v) is 1.98. The minimum atomic E-state index is 0.0387. The van der Waals surface area contributed by atoms with Gasteiger partial charge in [0.2, 0.25) is 0 Å². The van der Waals surface area contributed by atoms with Crippen molar-refractivity contribution in [3.63, 3.8) is 0 Å². The Morgan fingerprint density at radius 2 is 1.59 bits per heavy atom. The Labute approximate surface area is 107 Å². The van der Waals surface area contributed by atoms with Gasteiger partial charge >= 0.3 is 5.97 Å². The van der Waals surface area contributed by atoms with Crippen LogP contribution in [0.25, 0.3) is 0 Å². The third-order valence-corrected chi connectivity index (χ3v) is 3.12. The van der Waals surface area contributed by atoms with Gasteiger partial charge in [-0.1, -0.05) is 59.3 Å².